The fraction of sp³-hybridized carbons (Fsp3) is 0.429. The van der Waals surface area contributed by atoms with Crippen molar-refractivity contribution >= 4 is 16.9 Å². The molecule has 0 N–H and O–H groups in total. The number of rotatable bonds is 3. The lowest BCUT2D eigenvalue weighted by Gasteiger charge is -2.20. The summed E-state index contributed by atoms with van der Waals surface area (Å²) >= 11 is 0. The highest BCUT2D eigenvalue weighted by atomic mass is 16.2. The second kappa shape index (κ2) is 7.58. The Bertz CT molecular complexity index is 1070. The molecule has 3 aromatic rings. The average Bonchev–Trinajstić information content (AvgIpc) is 2.92. The number of nitrogens with zero attached hydrogens (tertiary/aromatic N) is 5. The Labute approximate surface area is 163 Å². The number of aromatic nitrogens is 4. The van der Waals surface area contributed by atoms with E-state index in [0.29, 0.717) is 11.0 Å². The van der Waals surface area contributed by atoms with Crippen molar-refractivity contribution in [3.8, 4) is 5.69 Å². The fourth-order valence-corrected chi connectivity index (χ4v) is 3.77. The van der Waals surface area contributed by atoms with E-state index >= 15 is 0 Å². The Balaban J connectivity index is 1.66. The molecule has 28 heavy (non-hydrogen) atoms. The molecule has 1 aliphatic heterocycles. The molecule has 1 fully saturated rings. The van der Waals surface area contributed by atoms with Crippen molar-refractivity contribution in [1.29, 1.82) is 0 Å². The summed E-state index contributed by atoms with van der Waals surface area (Å²) in [5, 5.41) is 4.82. The first-order valence-corrected chi connectivity index (χ1v) is 9.84. The number of aryl methyl sites for hydroxylation is 1. The second-order valence-electron chi connectivity index (χ2n) is 7.49. The maximum absolute atomic E-state index is 12.9. The molecule has 0 unspecified atom stereocenters. The Hall–Kier alpha value is -2.96. The van der Waals surface area contributed by atoms with Gasteiger partial charge in [-0.2, -0.15) is 5.10 Å². The molecular formula is C21H25N5O2. The first kappa shape index (κ1) is 18.4. The molecule has 3 heterocycles. The standard InChI is InChI=1S/C21H25N5O2/c1-15-8-7-9-18(16(15)2)26-20-17(12-23-26)21(28)25(14-22-20)13-19(27)24-10-5-3-4-6-11-24/h7-9,12,14H,3-6,10-11,13H2,1-2H3. The van der Waals surface area contributed by atoms with Crippen LogP contribution in [-0.2, 0) is 11.3 Å². The highest BCUT2D eigenvalue weighted by molar-refractivity contribution is 5.78. The summed E-state index contributed by atoms with van der Waals surface area (Å²) in [6.07, 6.45) is 7.38. The van der Waals surface area contributed by atoms with Gasteiger partial charge in [-0.3, -0.25) is 14.2 Å². The first-order valence-electron chi connectivity index (χ1n) is 9.84. The van der Waals surface area contributed by atoms with Gasteiger partial charge in [0, 0.05) is 13.1 Å². The van der Waals surface area contributed by atoms with E-state index in [9.17, 15) is 9.59 Å². The molecule has 4 rings (SSSR count). The zero-order chi connectivity index (χ0) is 19.7. The number of amides is 1. The molecule has 1 saturated heterocycles. The number of carbonyl (C=O) groups excluding carboxylic acids is 1. The van der Waals surface area contributed by atoms with Crippen molar-refractivity contribution in [1.82, 2.24) is 24.2 Å². The monoisotopic (exact) mass is 379 g/mol. The number of benzene rings is 1. The summed E-state index contributed by atoms with van der Waals surface area (Å²) in [5.74, 6) is -0.0212. The van der Waals surface area contributed by atoms with E-state index in [1.54, 1.807) is 10.9 Å². The maximum atomic E-state index is 12.9. The molecule has 1 aliphatic rings. The smallest absolute Gasteiger partial charge is 0.264 e. The number of fused-ring (bicyclic) bond motifs is 1. The van der Waals surface area contributed by atoms with Crippen LogP contribution in [0.15, 0.2) is 35.5 Å². The molecule has 1 aromatic carbocycles. The van der Waals surface area contributed by atoms with E-state index in [2.05, 4.69) is 10.1 Å². The van der Waals surface area contributed by atoms with E-state index in [1.807, 2.05) is 36.9 Å². The van der Waals surface area contributed by atoms with Crippen molar-refractivity contribution in [2.24, 2.45) is 0 Å². The van der Waals surface area contributed by atoms with Gasteiger partial charge in [0.25, 0.3) is 5.56 Å². The highest BCUT2D eigenvalue weighted by Gasteiger charge is 2.18. The van der Waals surface area contributed by atoms with Gasteiger partial charge >= 0.3 is 0 Å². The molecule has 146 valence electrons. The van der Waals surface area contributed by atoms with Crippen molar-refractivity contribution < 1.29 is 4.79 Å². The maximum Gasteiger partial charge on any atom is 0.264 e. The van der Waals surface area contributed by atoms with Gasteiger partial charge < -0.3 is 4.90 Å². The van der Waals surface area contributed by atoms with E-state index in [1.165, 1.54) is 10.9 Å². The third kappa shape index (κ3) is 3.32. The lowest BCUT2D eigenvalue weighted by atomic mass is 10.1. The molecule has 0 spiro atoms. The van der Waals surface area contributed by atoms with Crippen molar-refractivity contribution in [3.05, 3.63) is 52.2 Å². The van der Waals surface area contributed by atoms with Crippen LogP contribution in [0.2, 0.25) is 0 Å². The summed E-state index contributed by atoms with van der Waals surface area (Å²) in [7, 11) is 0. The van der Waals surface area contributed by atoms with Crippen LogP contribution < -0.4 is 5.56 Å². The van der Waals surface area contributed by atoms with Crippen LogP contribution in [-0.4, -0.2) is 43.2 Å². The summed E-state index contributed by atoms with van der Waals surface area (Å²) in [4.78, 5) is 31.9. The summed E-state index contributed by atoms with van der Waals surface area (Å²) in [5.41, 5.74) is 3.43. The lowest BCUT2D eigenvalue weighted by molar-refractivity contribution is -0.131. The molecule has 7 nitrogen and oxygen atoms in total. The molecule has 7 heteroatoms. The normalized spacial score (nSPS) is 15.0. The minimum absolute atomic E-state index is 0.0212. The first-order chi connectivity index (χ1) is 13.6. The van der Waals surface area contributed by atoms with Crippen LogP contribution in [0.4, 0.5) is 0 Å². The molecule has 0 radical (unpaired) electrons. The van der Waals surface area contributed by atoms with Gasteiger partial charge in [-0.15, -0.1) is 0 Å². The summed E-state index contributed by atoms with van der Waals surface area (Å²) < 4.78 is 3.09. The minimum Gasteiger partial charge on any atom is -0.341 e. The van der Waals surface area contributed by atoms with Crippen molar-refractivity contribution in [2.45, 2.75) is 46.1 Å². The van der Waals surface area contributed by atoms with E-state index < -0.39 is 0 Å². The van der Waals surface area contributed by atoms with Crippen LogP contribution in [0.25, 0.3) is 16.7 Å². The predicted octanol–water partition coefficient (Wildman–Crippen LogP) is 2.60. The van der Waals surface area contributed by atoms with Crippen LogP contribution in [0, 0.1) is 13.8 Å². The van der Waals surface area contributed by atoms with Crippen molar-refractivity contribution in [3.63, 3.8) is 0 Å². The zero-order valence-corrected chi connectivity index (χ0v) is 16.4. The van der Waals surface area contributed by atoms with Crippen LogP contribution >= 0.6 is 0 Å². The average molecular weight is 379 g/mol. The van der Waals surface area contributed by atoms with Crippen LogP contribution in [0.3, 0.4) is 0 Å². The van der Waals surface area contributed by atoms with Gasteiger partial charge in [0.15, 0.2) is 5.65 Å². The quantitative estimate of drug-likeness (QED) is 0.701. The number of hydrogen-bond donors (Lipinski definition) is 0. The number of likely N-dealkylation sites (tertiary alicyclic amines) is 1. The van der Waals surface area contributed by atoms with Gasteiger partial charge in [0.2, 0.25) is 5.91 Å². The SMILES string of the molecule is Cc1cccc(-n2ncc3c(=O)n(CC(=O)N4CCCCCC4)cnc32)c1C. The lowest BCUT2D eigenvalue weighted by Crippen LogP contribution is -2.37. The van der Waals surface area contributed by atoms with Gasteiger partial charge in [0.1, 0.15) is 18.3 Å². The fourth-order valence-electron chi connectivity index (χ4n) is 3.77. The topological polar surface area (TPSA) is 73.0 Å². The molecule has 0 atom stereocenters. The number of hydrogen-bond acceptors (Lipinski definition) is 4. The summed E-state index contributed by atoms with van der Waals surface area (Å²) in [6, 6.07) is 5.97. The third-order valence-corrected chi connectivity index (χ3v) is 5.62. The van der Waals surface area contributed by atoms with Gasteiger partial charge in [-0.05, 0) is 43.9 Å². The van der Waals surface area contributed by atoms with Crippen LogP contribution in [0.5, 0.6) is 0 Å². The zero-order valence-electron chi connectivity index (χ0n) is 16.4. The Morgan fingerprint density at radius 1 is 1.11 bits per heavy atom. The highest BCUT2D eigenvalue weighted by Crippen LogP contribution is 2.20. The molecule has 0 aliphatic carbocycles. The summed E-state index contributed by atoms with van der Waals surface area (Å²) in [6.45, 7) is 5.64. The van der Waals surface area contributed by atoms with Gasteiger partial charge in [-0.25, -0.2) is 9.67 Å². The largest absolute Gasteiger partial charge is 0.341 e. The Morgan fingerprint density at radius 2 is 1.86 bits per heavy atom. The van der Waals surface area contributed by atoms with Crippen LogP contribution in [0.1, 0.15) is 36.8 Å². The third-order valence-electron chi connectivity index (χ3n) is 5.62. The molecule has 2 aromatic heterocycles. The Morgan fingerprint density at radius 3 is 2.61 bits per heavy atom. The van der Waals surface area contributed by atoms with E-state index in [-0.39, 0.29) is 18.0 Å². The predicted molar refractivity (Wildman–Crippen MR) is 108 cm³/mol. The second-order valence-corrected chi connectivity index (χ2v) is 7.49. The minimum atomic E-state index is -0.232. The van der Waals surface area contributed by atoms with Crippen molar-refractivity contribution in [2.75, 3.05) is 13.1 Å². The van der Waals surface area contributed by atoms with E-state index in [0.717, 1.165) is 55.6 Å². The van der Waals surface area contributed by atoms with E-state index in [4.69, 9.17) is 0 Å². The van der Waals surface area contributed by atoms with Gasteiger partial charge in [-0.1, -0.05) is 25.0 Å². The molecular weight excluding hydrogens is 354 g/mol. The molecule has 1 amide bonds. The molecule has 0 bridgehead atoms. The number of carbonyl (C=O) groups is 1. The van der Waals surface area contributed by atoms with Gasteiger partial charge in [0.05, 0.1) is 11.9 Å². The Kier molecular flexibility index (Phi) is 4.98. The molecule has 0 saturated carbocycles.